The van der Waals surface area contributed by atoms with Crippen molar-refractivity contribution in [2.75, 3.05) is 7.11 Å². The number of hydrogen-bond donors (Lipinski definition) is 2. The van der Waals surface area contributed by atoms with E-state index in [4.69, 9.17) is 10.6 Å². The number of nitrogens with zero attached hydrogens (tertiary/aromatic N) is 2. The molecule has 1 atom stereocenters. The molecular weight excluding hydrogens is 271 g/mol. The summed E-state index contributed by atoms with van der Waals surface area (Å²) in [4.78, 5) is 0. The van der Waals surface area contributed by atoms with Crippen molar-refractivity contribution in [3.05, 3.63) is 47.0 Å². The van der Waals surface area contributed by atoms with E-state index >= 15 is 0 Å². The molecule has 0 aliphatic rings. The highest BCUT2D eigenvalue weighted by atomic mass is 19.1. The van der Waals surface area contributed by atoms with E-state index in [0.717, 1.165) is 11.3 Å². The number of benzene rings is 1. The van der Waals surface area contributed by atoms with Crippen molar-refractivity contribution in [1.29, 1.82) is 0 Å². The largest absolute Gasteiger partial charge is 0.493 e. The van der Waals surface area contributed by atoms with Crippen molar-refractivity contribution >= 4 is 0 Å². The highest BCUT2D eigenvalue weighted by Crippen LogP contribution is 2.31. The lowest BCUT2D eigenvalue weighted by molar-refractivity contribution is 0.394. The van der Waals surface area contributed by atoms with Gasteiger partial charge in [-0.25, -0.2) is 9.82 Å². The van der Waals surface area contributed by atoms with E-state index in [2.05, 4.69) is 10.5 Å². The minimum absolute atomic E-state index is 0.134. The second-order valence-electron chi connectivity index (χ2n) is 5.24. The predicted molar refractivity (Wildman–Crippen MR) is 79.5 cm³/mol. The summed E-state index contributed by atoms with van der Waals surface area (Å²) in [5.74, 6) is 6.06. The fourth-order valence-electron chi connectivity index (χ4n) is 2.32. The van der Waals surface area contributed by atoms with Crippen molar-refractivity contribution in [2.45, 2.75) is 32.9 Å². The topological polar surface area (TPSA) is 65.1 Å². The molecule has 5 nitrogen and oxygen atoms in total. The van der Waals surface area contributed by atoms with E-state index in [0.29, 0.717) is 11.3 Å². The van der Waals surface area contributed by atoms with Crippen LogP contribution in [0, 0.1) is 12.7 Å². The molecule has 6 heteroatoms. The minimum Gasteiger partial charge on any atom is -0.493 e. The zero-order valence-electron chi connectivity index (χ0n) is 12.7. The van der Waals surface area contributed by atoms with Crippen molar-refractivity contribution in [2.24, 2.45) is 5.84 Å². The molecule has 21 heavy (non-hydrogen) atoms. The van der Waals surface area contributed by atoms with E-state index in [-0.39, 0.29) is 11.9 Å². The molecule has 2 rings (SSSR count). The Bertz CT molecular complexity index is 624. The molecule has 0 radical (unpaired) electrons. The quantitative estimate of drug-likeness (QED) is 0.656. The number of nitrogens with one attached hydrogen (secondary N) is 1. The van der Waals surface area contributed by atoms with Gasteiger partial charge in [0.05, 0.1) is 19.3 Å². The summed E-state index contributed by atoms with van der Waals surface area (Å²) in [6.45, 7) is 5.75. The number of ether oxygens (including phenoxy) is 1. The number of methoxy groups -OCH3 is 1. The Balaban J connectivity index is 2.55. The van der Waals surface area contributed by atoms with Crippen LogP contribution in [0.3, 0.4) is 0 Å². The first-order valence-electron chi connectivity index (χ1n) is 6.83. The molecule has 0 aliphatic heterocycles. The van der Waals surface area contributed by atoms with Gasteiger partial charge >= 0.3 is 0 Å². The number of aromatic nitrogens is 2. The van der Waals surface area contributed by atoms with Gasteiger partial charge < -0.3 is 4.74 Å². The molecule has 2 aromatic rings. The van der Waals surface area contributed by atoms with Gasteiger partial charge in [-0.15, -0.1) is 0 Å². The van der Waals surface area contributed by atoms with E-state index in [1.807, 2.05) is 24.6 Å². The molecular formula is C15H21FN4O. The number of rotatable bonds is 5. The molecule has 0 amide bonds. The Labute approximate surface area is 123 Å². The SMILES string of the molecule is COc1cnn(C(C)C)c1C(NN)c1ccc(C)c(F)c1. The van der Waals surface area contributed by atoms with Crippen LogP contribution in [0.15, 0.2) is 24.4 Å². The number of nitrogens with two attached hydrogens (primary N) is 1. The Morgan fingerprint density at radius 2 is 2.10 bits per heavy atom. The van der Waals surface area contributed by atoms with Gasteiger partial charge in [0.25, 0.3) is 0 Å². The number of hydrazine groups is 1. The second kappa shape index (κ2) is 6.24. The van der Waals surface area contributed by atoms with Gasteiger partial charge in [-0.2, -0.15) is 5.10 Å². The van der Waals surface area contributed by atoms with E-state index in [1.165, 1.54) is 6.07 Å². The third-order valence-corrected chi connectivity index (χ3v) is 3.48. The number of aryl methyl sites for hydroxylation is 1. The third-order valence-electron chi connectivity index (χ3n) is 3.48. The fraction of sp³-hybridized carbons (Fsp3) is 0.400. The Hall–Kier alpha value is -1.92. The summed E-state index contributed by atoms with van der Waals surface area (Å²) in [6, 6.07) is 4.80. The molecule has 0 aliphatic carbocycles. The fourth-order valence-corrected chi connectivity index (χ4v) is 2.32. The molecule has 1 aromatic carbocycles. The molecule has 1 unspecified atom stereocenters. The highest BCUT2D eigenvalue weighted by Gasteiger charge is 2.24. The van der Waals surface area contributed by atoms with Gasteiger partial charge in [-0.3, -0.25) is 10.5 Å². The van der Waals surface area contributed by atoms with Crippen LogP contribution in [0.25, 0.3) is 0 Å². The van der Waals surface area contributed by atoms with E-state index < -0.39 is 6.04 Å². The maximum Gasteiger partial charge on any atom is 0.161 e. The molecule has 1 aromatic heterocycles. The standard InChI is InChI=1S/C15H21FN4O/c1-9(2)20-15(13(21-4)8-18-20)14(19-17)11-6-5-10(3)12(16)7-11/h5-9,14,19H,17H2,1-4H3. The monoisotopic (exact) mass is 292 g/mol. The average molecular weight is 292 g/mol. The van der Waals surface area contributed by atoms with Crippen LogP contribution < -0.4 is 16.0 Å². The van der Waals surface area contributed by atoms with E-state index in [9.17, 15) is 4.39 Å². The van der Waals surface area contributed by atoms with Crippen molar-refractivity contribution < 1.29 is 9.13 Å². The predicted octanol–water partition coefficient (Wildman–Crippen LogP) is 2.47. The molecule has 0 fully saturated rings. The highest BCUT2D eigenvalue weighted by molar-refractivity contribution is 5.37. The Morgan fingerprint density at radius 3 is 2.62 bits per heavy atom. The summed E-state index contributed by atoms with van der Waals surface area (Å²) in [5.41, 5.74) is 4.83. The number of hydrogen-bond acceptors (Lipinski definition) is 4. The van der Waals surface area contributed by atoms with Gasteiger partial charge in [0.1, 0.15) is 11.5 Å². The smallest absolute Gasteiger partial charge is 0.161 e. The average Bonchev–Trinajstić information content (AvgIpc) is 2.87. The molecule has 0 spiro atoms. The van der Waals surface area contributed by atoms with Gasteiger partial charge in [-0.05, 0) is 38.0 Å². The zero-order chi connectivity index (χ0) is 15.6. The van der Waals surface area contributed by atoms with Crippen molar-refractivity contribution in [1.82, 2.24) is 15.2 Å². The maximum atomic E-state index is 13.8. The van der Waals surface area contributed by atoms with Crippen LogP contribution in [0.5, 0.6) is 5.75 Å². The van der Waals surface area contributed by atoms with Crippen LogP contribution in [-0.4, -0.2) is 16.9 Å². The first kappa shape index (κ1) is 15.5. The lowest BCUT2D eigenvalue weighted by atomic mass is 10.0. The Kier molecular flexibility index (Phi) is 4.59. The normalized spacial score (nSPS) is 12.7. The molecule has 1 heterocycles. The first-order valence-corrected chi connectivity index (χ1v) is 6.83. The Morgan fingerprint density at radius 1 is 1.38 bits per heavy atom. The second-order valence-corrected chi connectivity index (χ2v) is 5.24. The van der Waals surface area contributed by atoms with E-state index in [1.54, 1.807) is 26.3 Å². The van der Waals surface area contributed by atoms with Crippen LogP contribution in [0.2, 0.25) is 0 Å². The van der Waals surface area contributed by atoms with Gasteiger partial charge in [0.2, 0.25) is 0 Å². The molecule has 0 bridgehead atoms. The summed E-state index contributed by atoms with van der Waals surface area (Å²) in [7, 11) is 1.58. The maximum absolute atomic E-state index is 13.8. The molecule has 114 valence electrons. The van der Waals surface area contributed by atoms with Crippen LogP contribution in [0.4, 0.5) is 4.39 Å². The molecule has 0 saturated carbocycles. The van der Waals surface area contributed by atoms with Crippen molar-refractivity contribution in [3.8, 4) is 5.75 Å². The summed E-state index contributed by atoms with van der Waals surface area (Å²) < 4.78 is 21.0. The van der Waals surface area contributed by atoms with Crippen LogP contribution in [0.1, 0.15) is 42.8 Å². The summed E-state index contributed by atoms with van der Waals surface area (Å²) in [6.07, 6.45) is 1.64. The molecule has 3 N–H and O–H groups in total. The van der Waals surface area contributed by atoms with Gasteiger partial charge in [0.15, 0.2) is 5.75 Å². The summed E-state index contributed by atoms with van der Waals surface area (Å²) >= 11 is 0. The van der Waals surface area contributed by atoms with Gasteiger partial charge in [-0.1, -0.05) is 12.1 Å². The summed E-state index contributed by atoms with van der Waals surface area (Å²) in [5, 5.41) is 4.32. The number of halogens is 1. The first-order chi connectivity index (χ1) is 9.99. The lowest BCUT2D eigenvalue weighted by Gasteiger charge is -2.21. The van der Waals surface area contributed by atoms with Crippen LogP contribution >= 0.6 is 0 Å². The minimum atomic E-state index is -0.403. The van der Waals surface area contributed by atoms with Crippen LogP contribution in [-0.2, 0) is 0 Å². The lowest BCUT2D eigenvalue weighted by Crippen LogP contribution is -2.31. The zero-order valence-corrected chi connectivity index (χ0v) is 12.7. The van der Waals surface area contributed by atoms with Crippen molar-refractivity contribution in [3.63, 3.8) is 0 Å². The molecule has 0 saturated heterocycles. The third kappa shape index (κ3) is 2.91. The van der Waals surface area contributed by atoms with Gasteiger partial charge in [0, 0.05) is 6.04 Å².